The molecule has 0 unspecified atom stereocenters. The van der Waals surface area contributed by atoms with E-state index in [1.807, 2.05) is 9.80 Å². The minimum absolute atomic E-state index is 0.302. The zero-order chi connectivity index (χ0) is 14.9. The molecule has 0 aliphatic carbocycles. The standard InChI is InChI=1S/C16H28N2O3/c19-15-7-1-2-9-18(15)12-6-14-21-13-4-3-10-17-11-5-8-16(17)20/h1-14H2. The zero-order valence-corrected chi connectivity index (χ0v) is 13.0. The van der Waals surface area contributed by atoms with Crippen molar-refractivity contribution in [3.63, 3.8) is 0 Å². The van der Waals surface area contributed by atoms with Gasteiger partial charge in [-0.05, 0) is 38.5 Å². The molecule has 0 N–H and O–H groups in total. The van der Waals surface area contributed by atoms with Gasteiger partial charge in [-0.3, -0.25) is 9.59 Å². The first-order chi connectivity index (χ1) is 10.3. The number of nitrogens with zero attached hydrogens (tertiary/aromatic N) is 2. The maximum atomic E-state index is 11.6. The Morgan fingerprint density at radius 1 is 0.762 bits per heavy atom. The summed E-state index contributed by atoms with van der Waals surface area (Å²) in [5.74, 6) is 0.610. The van der Waals surface area contributed by atoms with Crippen LogP contribution in [0.4, 0.5) is 0 Å². The lowest BCUT2D eigenvalue weighted by Crippen LogP contribution is -2.36. The lowest BCUT2D eigenvalue weighted by atomic mass is 10.1. The van der Waals surface area contributed by atoms with Crippen LogP contribution in [-0.2, 0) is 14.3 Å². The van der Waals surface area contributed by atoms with E-state index < -0.39 is 0 Å². The molecule has 0 bridgehead atoms. The van der Waals surface area contributed by atoms with E-state index in [9.17, 15) is 9.59 Å². The summed E-state index contributed by atoms with van der Waals surface area (Å²) < 4.78 is 5.61. The second-order valence-corrected chi connectivity index (χ2v) is 6.00. The number of unbranched alkanes of at least 4 members (excludes halogenated alkanes) is 1. The molecule has 0 aromatic carbocycles. The summed E-state index contributed by atoms with van der Waals surface area (Å²) in [7, 11) is 0. The van der Waals surface area contributed by atoms with Crippen LogP contribution in [0.25, 0.3) is 0 Å². The fourth-order valence-corrected chi connectivity index (χ4v) is 3.00. The smallest absolute Gasteiger partial charge is 0.222 e. The number of ether oxygens (including phenoxy) is 1. The summed E-state index contributed by atoms with van der Waals surface area (Å²) in [6.45, 7) is 5.06. The summed E-state index contributed by atoms with van der Waals surface area (Å²) in [6.07, 6.45) is 7.61. The first-order valence-corrected chi connectivity index (χ1v) is 8.40. The van der Waals surface area contributed by atoms with Gasteiger partial charge in [0.25, 0.3) is 0 Å². The highest BCUT2D eigenvalue weighted by Crippen LogP contribution is 2.11. The molecule has 0 atom stereocenters. The Morgan fingerprint density at radius 3 is 2.10 bits per heavy atom. The molecule has 5 nitrogen and oxygen atoms in total. The second kappa shape index (κ2) is 9.03. The molecule has 2 amide bonds. The molecule has 0 saturated carbocycles. The Kier molecular flexibility index (Phi) is 7.00. The van der Waals surface area contributed by atoms with Crippen LogP contribution in [0.3, 0.4) is 0 Å². The summed E-state index contributed by atoms with van der Waals surface area (Å²) in [4.78, 5) is 26.9. The van der Waals surface area contributed by atoms with Gasteiger partial charge in [0.15, 0.2) is 0 Å². The third-order valence-corrected chi connectivity index (χ3v) is 4.28. The Morgan fingerprint density at radius 2 is 1.38 bits per heavy atom. The lowest BCUT2D eigenvalue weighted by Gasteiger charge is -2.26. The molecule has 0 aromatic heterocycles. The Balaban J connectivity index is 1.40. The first-order valence-electron chi connectivity index (χ1n) is 8.40. The van der Waals surface area contributed by atoms with Crippen LogP contribution in [0.15, 0.2) is 0 Å². The maximum absolute atomic E-state index is 11.6. The van der Waals surface area contributed by atoms with Gasteiger partial charge in [-0.2, -0.15) is 0 Å². The van der Waals surface area contributed by atoms with E-state index in [2.05, 4.69) is 0 Å². The van der Waals surface area contributed by atoms with Crippen molar-refractivity contribution in [1.29, 1.82) is 0 Å². The van der Waals surface area contributed by atoms with Gasteiger partial charge in [0.1, 0.15) is 0 Å². The van der Waals surface area contributed by atoms with Crippen LogP contribution >= 0.6 is 0 Å². The van der Waals surface area contributed by atoms with E-state index in [1.54, 1.807) is 0 Å². The van der Waals surface area contributed by atoms with Gasteiger partial charge in [-0.15, -0.1) is 0 Å². The number of likely N-dealkylation sites (tertiary alicyclic amines) is 2. The summed E-state index contributed by atoms with van der Waals surface area (Å²) in [6, 6.07) is 0. The van der Waals surface area contributed by atoms with Crippen molar-refractivity contribution in [2.24, 2.45) is 0 Å². The number of rotatable bonds is 9. The van der Waals surface area contributed by atoms with Crippen LogP contribution < -0.4 is 0 Å². The molecular weight excluding hydrogens is 268 g/mol. The fourth-order valence-electron chi connectivity index (χ4n) is 3.00. The van der Waals surface area contributed by atoms with Gasteiger partial charge in [0.2, 0.25) is 11.8 Å². The molecule has 21 heavy (non-hydrogen) atoms. The van der Waals surface area contributed by atoms with Crippen LogP contribution in [0.2, 0.25) is 0 Å². The van der Waals surface area contributed by atoms with Crippen molar-refractivity contribution in [3.05, 3.63) is 0 Å². The van der Waals surface area contributed by atoms with E-state index in [4.69, 9.17) is 4.74 Å². The molecular formula is C16H28N2O3. The minimum atomic E-state index is 0.302. The Hall–Kier alpha value is -1.10. The predicted octanol–water partition coefficient (Wildman–Crippen LogP) is 1.81. The van der Waals surface area contributed by atoms with Crippen molar-refractivity contribution < 1.29 is 14.3 Å². The number of carbonyl (C=O) groups is 2. The third kappa shape index (κ3) is 5.65. The minimum Gasteiger partial charge on any atom is -0.381 e. The van der Waals surface area contributed by atoms with Crippen molar-refractivity contribution in [1.82, 2.24) is 9.80 Å². The average Bonchev–Trinajstić information content (AvgIpc) is 2.89. The summed E-state index contributed by atoms with van der Waals surface area (Å²) in [5, 5.41) is 0. The fraction of sp³-hybridized carbons (Fsp3) is 0.875. The number of amides is 2. The zero-order valence-electron chi connectivity index (χ0n) is 13.0. The number of piperidine rings is 1. The van der Waals surface area contributed by atoms with Gasteiger partial charge in [0.05, 0.1) is 0 Å². The molecule has 2 aliphatic rings. The summed E-state index contributed by atoms with van der Waals surface area (Å²) >= 11 is 0. The highest BCUT2D eigenvalue weighted by atomic mass is 16.5. The SMILES string of the molecule is O=C1CCCCN1CCCOCCCCN1CCCC1=O. The van der Waals surface area contributed by atoms with Gasteiger partial charge in [-0.1, -0.05) is 0 Å². The van der Waals surface area contributed by atoms with Gasteiger partial charge < -0.3 is 14.5 Å². The number of hydrogen-bond donors (Lipinski definition) is 0. The molecule has 2 fully saturated rings. The predicted molar refractivity (Wildman–Crippen MR) is 80.9 cm³/mol. The molecule has 0 spiro atoms. The molecule has 2 saturated heterocycles. The van der Waals surface area contributed by atoms with E-state index in [0.717, 1.165) is 90.8 Å². The van der Waals surface area contributed by atoms with Gasteiger partial charge in [-0.25, -0.2) is 0 Å². The Bertz CT molecular complexity index is 346. The molecule has 2 aliphatic heterocycles. The summed E-state index contributed by atoms with van der Waals surface area (Å²) in [5.41, 5.74) is 0. The average molecular weight is 296 g/mol. The van der Waals surface area contributed by atoms with Crippen molar-refractivity contribution in [3.8, 4) is 0 Å². The molecule has 5 heteroatoms. The maximum Gasteiger partial charge on any atom is 0.222 e. The number of hydrogen-bond acceptors (Lipinski definition) is 3. The van der Waals surface area contributed by atoms with Gasteiger partial charge in [0, 0.05) is 52.2 Å². The highest BCUT2D eigenvalue weighted by molar-refractivity contribution is 5.78. The molecule has 120 valence electrons. The van der Waals surface area contributed by atoms with Gasteiger partial charge >= 0.3 is 0 Å². The Labute approximate surface area is 127 Å². The normalized spacial score (nSPS) is 19.6. The quantitative estimate of drug-likeness (QED) is 0.610. The number of carbonyl (C=O) groups excluding carboxylic acids is 2. The molecule has 0 radical (unpaired) electrons. The highest BCUT2D eigenvalue weighted by Gasteiger charge is 2.19. The van der Waals surface area contributed by atoms with Crippen LogP contribution in [0.1, 0.15) is 51.4 Å². The molecule has 2 heterocycles. The van der Waals surface area contributed by atoms with Crippen molar-refractivity contribution in [2.45, 2.75) is 51.4 Å². The van der Waals surface area contributed by atoms with Crippen molar-refractivity contribution in [2.75, 3.05) is 39.4 Å². The van der Waals surface area contributed by atoms with Crippen LogP contribution in [-0.4, -0.2) is 61.0 Å². The molecule has 0 aromatic rings. The van der Waals surface area contributed by atoms with Crippen LogP contribution in [0, 0.1) is 0 Å². The van der Waals surface area contributed by atoms with Crippen LogP contribution in [0.5, 0.6) is 0 Å². The monoisotopic (exact) mass is 296 g/mol. The second-order valence-electron chi connectivity index (χ2n) is 6.00. The lowest BCUT2D eigenvalue weighted by molar-refractivity contribution is -0.133. The third-order valence-electron chi connectivity index (χ3n) is 4.28. The molecule has 2 rings (SSSR count). The van der Waals surface area contributed by atoms with Crippen molar-refractivity contribution >= 4 is 11.8 Å². The van der Waals surface area contributed by atoms with E-state index in [-0.39, 0.29) is 0 Å². The topological polar surface area (TPSA) is 49.9 Å². The van der Waals surface area contributed by atoms with E-state index in [0.29, 0.717) is 11.8 Å². The largest absolute Gasteiger partial charge is 0.381 e. The van der Waals surface area contributed by atoms with E-state index >= 15 is 0 Å². The van der Waals surface area contributed by atoms with E-state index in [1.165, 1.54) is 0 Å². The first kappa shape index (κ1) is 16.3.